The molecule has 0 amide bonds. The maximum atomic E-state index is 5.08. The van der Waals surface area contributed by atoms with Crippen molar-refractivity contribution in [2.75, 3.05) is 0 Å². The Kier molecular flexibility index (Phi) is 16.0. The van der Waals surface area contributed by atoms with Crippen molar-refractivity contribution < 1.29 is 0 Å². The number of hydrogen-bond acceptors (Lipinski definition) is 6. The van der Waals surface area contributed by atoms with E-state index < -0.39 is 0 Å². The highest BCUT2D eigenvalue weighted by Gasteiger charge is 2.22. The minimum Gasteiger partial charge on any atom is -0.309 e. The predicted octanol–water partition coefficient (Wildman–Crippen LogP) is 23.7. The Morgan fingerprint density at radius 3 is 0.725 bits per heavy atom. The number of rotatable bonds is 9. The van der Waals surface area contributed by atoms with Crippen molar-refractivity contribution in [2.45, 2.75) is 0 Å². The Labute approximate surface area is 603 Å². The van der Waals surface area contributed by atoms with Crippen LogP contribution >= 0.6 is 31.9 Å². The summed E-state index contributed by atoms with van der Waals surface area (Å²) in [6.07, 6.45) is 0. The number of halogens is 2. The minimum atomic E-state index is 0.590. The van der Waals surface area contributed by atoms with Gasteiger partial charge in [0, 0.05) is 85.7 Å². The summed E-state index contributed by atoms with van der Waals surface area (Å²) >= 11 is 7.19. The maximum absolute atomic E-state index is 5.08. The first kappa shape index (κ1) is 61.6. The van der Waals surface area contributed by atoms with Crippen molar-refractivity contribution >= 4 is 119 Å². The Morgan fingerprint density at radius 2 is 0.412 bits per heavy atom. The number of para-hydroxylation sites is 6. The van der Waals surface area contributed by atoms with Gasteiger partial charge in [-0.15, -0.1) is 0 Å². The SMILES string of the molecule is Brc1ccc2c(c1)c1ccccc1n2-c1ccccc1.Brc1ccc2c(c1)c1ccccc1n2-c1nc(-c2ccccc2)nc(-c2ccccc2)n1.c1ccc(-c2nc(-c3ccccc3)nc(-n3c4ccccc4c4cc(-c5ccc6c(c5)c5ccccc5n6-c5ccccc5)ccc43)n2)cc1. The highest BCUT2D eigenvalue weighted by molar-refractivity contribution is 9.10. The number of hydrogen-bond donors (Lipinski definition) is 0. The molecular formula is C90H58Br2N10. The van der Waals surface area contributed by atoms with Gasteiger partial charge in [-0.25, -0.2) is 9.97 Å². The lowest BCUT2D eigenvalue weighted by atomic mass is 10.0. The van der Waals surface area contributed by atoms with Gasteiger partial charge in [0.2, 0.25) is 11.9 Å². The molecule has 0 saturated carbocycles. The van der Waals surface area contributed by atoms with Gasteiger partial charge in [-0.1, -0.05) is 275 Å². The summed E-state index contributed by atoms with van der Waals surface area (Å²) in [4.78, 5) is 29.8. The summed E-state index contributed by atoms with van der Waals surface area (Å²) in [6, 6.07) is 122. The Hall–Kier alpha value is -12.7. The summed E-state index contributed by atoms with van der Waals surface area (Å²) < 4.78 is 11.1. The molecule has 0 radical (unpaired) electrons. The van der Waals surface area contributed by atoms with E-state index in [-0.39, 0.29) is 0 Å². The molecule has 0 saturated heterocycles. The largest absolute Gasteiger partial charge is 0.309 e. The van der Waals surface area contributed by atoms with Gasteiger partial charge < -0.3 is 9.13 Å². The zero-order valence-corrected chi connectivity index (χ0v) is 57.9. The molecule has 10 nitrogen and oxygen atoms in total. The van der Waals surface area contributed by atoms with Crippen LogP contribution in [0.5, 0.6) is 0 Å². The summed E-state index contributed by atoms with van der Waals surface area (Å²) in [7, 11) is 0. The van der Waals surface area contributed by atoms with E-state index in [2.05, 4.69) is 269 Å². The van der Waals surface area contributed by atoms with E-state index in [0.717, 1.165) is 86.1 Å². The normalized spacial score (nSPS) is 11.4. The second-order valence-corrected chi connectivity index (χ2v) is 26.7. The molecule has 6 heterocycles. The first-order valence-electron chi connectivity index (χ1n) is 33.7. The van der Waals surface area contributed by atoms with E-state index in [1.807, 2.05) is 133 Å². The molecule has 6 aromatic heterocycles. The molecule has 12 heteroatoms. The van der Waals surface area contributed by atoms with Crippen molar-refractivity contribution in [3.63, 3.8) is 0 Å². The molecule has 0 unspecified atom stereocenters. The summed E-state index contributed by atoms with van der Waals surface area (Å²) in [6.45, 7) is 0. The van der Waals surface area contributed by atoms with Crippen LogP contribution in [-0.4, -0.2) is 48.2 Å². The van der Waals surface area contributed by atoms with Crippen LogP contribution in [-0.2, 0) is 0 Å². The van der Waals surface area contributed by atoms with Gasteiger partial charge >= 0.3 is 0 Å². The fraction of sp³-hybridized carbons (Fsp3) is 0. The van der Waals surface area contributed by atoms with Crippen molar-refractivity contribution in [3.8, 4) is 79.9 Å². The molecular weight excluding hydrogens is 1380 g/mol. The third kappa shape index (κ3) is 11.3. The monoisotopic (exact) mass is 1440 g/mol. The molecule has 0 fully saturated rings. The molecule has 0 N–H and O–H groups in total. The maximum Gasteiger partial charge on any atom is 0.238 e. The summed E-state index contributed by atoms with van der Waals surface area (Å²) in [5.74, 6) is 3.77. The first-order valence-corrected chi connectivity index (χ1v) is 35.3. The van der Waals surface area contributed by atoms with Gasteiger partial charge in [0.05, 0.1) is 44.1 Å². The molecule has 20 aromatic rings. The number of aromatic nitrogens is 10. The van der Waals surface area contributed by atoms with Crippen LogP contribution in [0.25, 0.3) is 167 Å². The van der Waals surface area contributed by atoms with Crippen LogP contribution in [0.15, 0.2) is 361 Å². The average molecular weight is 1440 g/mol. The fourth-order valence-electron chi connectivity index (χ4n) is 14.1. The predicted molar refractivity (Wildman–Crippen MR) is 426 cm³/mol. The van der Waals surface area contributed by atoms with Crippen LogP contribution in [0.1, 0.15) is 0 Å². The number of nitrogens with zero attached hydrogens (tertiary/aromatic N) is 10. The van der Waals surface area contributed by atoms with E-state index in [1.54, 1.807) is 0 Å². The highest BCUT2D eigenvalue weighted by atomic mass is 79.9. The van der Waals surface area contributed by atoms with Crippen LogP contribution in [0.3, 0.4) is 0 Å². The van der Waals surface area contributed by atoms with Crippen molar-refractivity contribution in [1.82, 2.24) is 48.2 Å². The lowest BCUT2D eigenvalue weighted by Crippen LogP contribution is -2.06. The van der Waals surface area contributed by atoms with Gasteiger partial charge in [-0.3, -0.25) is 9.13 Å². The Bertz CT molecular complexity index is 6400. The number of benzene rings is 14. The molecule has 0 aliphatic heterocycles. The van der Waals surface area contributed by atoms with E-state index in [4.69, 9.17) is 29.9 Å². The molecule has 102 heavy (non-hydrogen) atoms. The molecule has 20 rings (SSSR count). The van der Waals surface area contributed by atoms with E-state index in [1.165, 1.54) is 54.9 Å². The number of fused-ring (bicyclic) bond motifs is 12. The minimum absolute atomic E-state index is 0.590. The zero-order chi connectivity index (χ0) is 68.0. The first-order chi connectivity index (χ1) is 50.4. The molecule has 0 aliphatic rings. The quantitative estimate of drug-likeness (QED) is 0.143. The van der Waals surface area contributed by atoms with Crippen LogP contribution in [0, 0.1) is 0 Å². The lowest BCUT2D eigenvalue weighted by Gasteiger charge is -2.11. The third-order valence-corrected chi connectivity index (χ3v) is 19.7. The fourth-order valence-corrected chi connectivity index (χ4v) is 14.9. The molecule has 14 aromatic carbocycles. The van der Waals surface area contributed by atoms with Crippen molar-refractivity contribution in [3.05, 3.63) is 361 Å². The van der Waals surface area contributed by atoms with E-state index in [9.17, 15) is 0 Å². The topological polar surface area (TPSA) is 97.1 Å². The van der Waals surface area contributed by atoms with Crippen LogP contribution in [0.4, 0.5) is 0 Å². The van der Waals surface area contributed by atoms with Crippen LogP contribution < -0.4 is 0 Å². The molecule has 0 bridgehead atoms. The Morgan fingerprint density at radius 1 is 0.176 bits per heavy atom. The van der Waals surface area contributed by atoms with Gasteiger partial charge in [-0.2, -0.15) is 19.9 Å². The third-order valence-electron chi connectivity index (χ3n) is 18.8. The Balaban J connectivity index is 0.000000122. The van der Waals surface area contributed by atoms with E-state index >= 15 is 0 Å². The molecule has 482 valence electrons. The summed E-state index contributed by atoms with van der Waals surface area (Å²) in [5, 5.41) is 9.64. The average Bonchev–Trinajstić information content (AvgIpc) is 1.60. The van der Waals surface area contributed by atoms with Crippen LogP contribution in [0.2, 0.25) is 0 Å². The standard InChI is InChI=1S/C45H29N5.C27H17BrN4.C18H12BrN/c1-4-14-30(15-5-1)43-46-44(31-16-6-2-7-17-31)48-45(47-43)50-40-23-13-11-21-36(40)38-29-33(25-27-42(38)50)32-24-26-41-37(28-32)35-20-10-12-22-39(35)49(41)34-18-8-3-9-19-34;28-20-15-16-24-22(17-20)21-13-7-8-14-23(21)32(24)27-30-25(18-9-3-1-4-10-18)29-26(31-27)19-11-5-2-6-12-19;19-13-10-11-18-16(12-13)15-8-4-5-9-17(15)20(18)14-6-2-1-3-7-14/h1-29H;1-17H;1-12H. The zero-order valence-electron chi connectivity index (χ0n) is 54.7. The van der Waals surface area contributed by atoms with E-state index in [0.29, 0.717) is 35.2 Å². The molecule has 0 spiro atoms. The summed E-state index contributed by atoms with van der Waals surface area (Å²) in [5.41, 5.74) is 17.6. The lowest BCUT2D eigenvalue weighted by molar-refractivity contribution is 0.953. The highest BCUT2D eigenvalue weighted by Crippen LogP contribution is 2.40. The smallest absolute Gasteiger partial charge is 0.238 e. The van der Waals surface area contributed by atoms with Gasteiger partial charge in [0.1, 0.15) is 0 Å². The second kappa shape index (κ2) is 26.5. The van der Waals surface area contributed by atoms with Crippen molar-refractivity contribution in [1.29, 1.82) is 0 Å². The van der Waals surface area contributed by atoms with Gasteiger partial charge in [-0.05, 0) is 120 Å². The van der Waals surface area contributed by atoms with Gasteiger partial charge in [0.25, 0.3) is 0 Å². The molecule has 0 aliphatic carbocycles. The molecule has 0 atom stereocenters. The van der Waals surface area contributed by atoms with Gasteiger partial charge in [0.15, 0.2) is 23.3 Å². The second-order valence-electron chi connectivity index (χ2n) is 24.9. The van der Waals surface area contributed by atoms with Crippen molar-refractivity contribution in [2.24, 2.45) is 0 Å².